The molecular formula is C18H19ClN2O3. The zero-order valence-electron chi connectivity index (χ0n) is 13.8. The van der Waals surface area contributed by atoms with E-state index in [0.717, 1.165) is 16.7 Å². The van der Waals surface area contributed by atoms with Gasteiger partial charge in [0.1, 0.15) is 0 Å². The molecule has 2 aromatic rings. The normalized spacial score (nSPS) is 11.8. The first-order valence-electron chi connectivity index (χ1n) is 7.65. The third kappa shape index (κ3) is 3.92. The molecule has 0 radical (unpaired) electrons. The van der Waals surface area contributed by atoms with Gasteiger partial charge in [0.2, 0.25) is 0 Å². The minimum absolute atomic E-state index is 0.106. The summed E-state index contributed by atoms with van der Waals surface area (Å²) in [5.41, 5.74) is 3.21. The van der Waals surface area contributed by atoms with E-state index in [2.05, 4.69) is 11.4 Å². The zero-order valence-corrected chi connectivity index (χ0v) is 14.6. The lowest BCUT2D eigenvalue weighted by molar-refractivity contribution is -0.384. The smallest absolute Gasteiger partial charge is 0.270 e. The van der Waals surface area contributed by atoms with Crippen molar-refractivity contribution in [1.29, 1.82) is 0 Å². The number of halogens is 1. The topological polar surface area (TPSA) is 72.2 Å². The van der Waals surface area contributed by atoms with Gasteiger partial charge in [-0.05, 0) is 37.5 Å². The second-order valence-corrected chi connectivity index (χ2v) is 6.12. The molecule has 1 N–H and O–H groups in total. The van der Waals surface area contributed by atoms with Gasteiger partial charge >= 0.3 is 0 Å². The van der Waals surface area contributed by atoms with Crippen LogP contribution in [0, 0.1) is 24.0 Å². The Labute approximate surface area is 145 Å². The lowest BCUT2D eigenvalue weighted by Crippen LogP contribution is -2.29. The second kappa shape index (κ2) is 7.45. The van der Waals surface area contributed by atoms with Crippen LogP contribution in [0.15, 0.2) is 36.4 Å². The summed E-state index contributed by atoms with van der Waals surface area (Å²) in [5.74, 6) is -0.421. The van der Waals surface area contributed by atoms with E-state index in [0.29, 0.717) is 6.42 Å². The van der Waals surface area contributed by atoms with Crippen molar-refractivity contribution >= 4 is 23.2 Å². The third-order valence-corrected chi connectivity index (χ3v) is 4.25. The SMILES string of the molecule is CCC(NC(=O)c1cc([N+](=O)[O-])ccc1Cl)c1ccc(C)cc1C. The average Bonchev–Trinajstić information content (AvgIpc) is 2.53. The van der Waals surface area contributed by atoms with E-state index in [1.165, 1.54) is 18.2 Å². The quantitative estimate of drug-likeness (QED) is 0.627. The van der Waals surface area contributed by atoms with Gasteiger partial charge in [0.05, 0.1) is 21.6 Å². The van der Waals surface area contributed by atoms with Gasteiger partial charge in [0.25, 0.3) is 11.6 Å². The monoisotopic (exact) mass is 346 g/mol. The van der Waals surface area contributed by atoms with E-state index in [-0.39, 0.29) is 22.3 Å². The lowest BCUT2D eigenvalue weighted by Gasteiger charge is -2.20. The van der Waals surface area contributed by atoms with Gasteiger partial charge in [-0.15, -0.1) is 0 Å². The molecule has 1 unspecified atom stereocenters. The predicted molar refractivity (Wildman–Crippen MR) is 94.5 cm³/mol. The first-order chi connectivity index (χ1) is 11.3. The molecule has 0 bridgehead atoms. The molecule has 126 valence electrons. The van der Waals surface area contributed by atoms with Crippen molar-refractivity contribution in [2.45, 2.75) is 33.2 Å². The van der Waals surface area contributed by atoms with E-state index < -0.39 is 10.8 Å². The number of carbonyl (C=O) groups is 1. The minimum Gasteiger partial charge on any atom is -0.345 e. The number of amides is 1. The van der Waals surface area contributed by atoms with Crippen molar-refractivity contribution in [3.63, 3.8) is 0 Å². The molecule has 5 nitrogen and oxygen atoms in total. The number of hydrogen-bond donors (Lipinski definition) is 1. The van der Waals surface area contributed by atoms with E-state index >= 15 is 0 Å². The van der Waals surface area contributed by atoms with Crippen molar-refractivity contribution < 1.29 is 9.72 Å². The van der Waals surface area contributed by atoms with Crippen LogP contribution in [0.3, 0.4) is 0 Å². The number of aryl methyl sites for hydroxylation is 2. The maximum atomic E-state index is 12.5. The fraction of sp³-hybridized carbons (Fsp3) is 0.278. The van der Waals surface area contributed by atoms with E-state index in [1.807, 2.05) is 32.9 Å². The van der Waals surface area contributed by atoms with Crippen LogP contribution >= 0.6 is 11.6 Å². The summed E-state index contributed by atoms with van der Waals surface area (Å²) in [6.45, 7) is 5.98. The number of non-ortho nitro benzene ring substituents is 1. The number of rotatable bonds is 5. The summed E-state index contributed by atoms with van der Waals surface area (Å²) in [7, 11) is 0. The van der Waals surface area contributed by atoms with Gasteiger partial charge in [-0.25, -0.2) is 0 Å². The van der Waals surface area contributed by atoms with Crippen LogP contribution < -0.4 is 5.32 Å². The Balaban J connectivity index is 2.30. The maximum absolute atomic E-state index is 12.5. The maximum Gasteiger partial charge on any atom is 0.270 e. The van der Waals surface area contributed by atoms with E-state index in [9.17, 15) is 14.9 Å². The number of hydrogen-bond acceptors (Lipinski definition) is 3. The summed E-state index contributed by atoms with van der Waals surface area (Å²) < 4.78 is 0. The Hall–Kier alpha value is -2.40. The van der Waals surface area contributed by atoms with Gasteiger partial charge in [-0.1, -0.05) is 42.3 Å². The average molecular weight is 347 g/mol. The molecule has 6 heteroatoms. The molecule has 2 rings (SSSR count). The molecule has 0 aliphatic rings. The van der Waals surface area contributed by atoms with Gasteiger partial charge in [-0.2, -0.15) is 0 Å². The molecule has 0 fully saturated rings. The van der Waals surface area contributed by atoms with Crippen molar-refractivity contribution in [3.05, 3.63) is 73.8 Å². The summed E-state index contributed by atoms with van der Waals surface area (Å²) in [6.07, 6.45) is 0.697. The Morgan fingerprint density at radius 2 is 1.96 bits per heavy atom. The molecule has 2 aromatic carbocycles. The summed E-state index contributed by atoms with van der Waals surface area (Å²) in [5, 5.41) is 14.0. The predicted octanol–water partition coefficient (Wildman–Crippen LogP) is 4.75. The third-order valence-electron chi connectivity index (χ3n) is 3.92. The van der Waals surface area contributed by atoms with Crippen LogP contribution in [0.4, 0.5) is 5.69 Å². The highest BCUT2D eigenvalue weighted by molar-refractivity contribution is 6.33. The summed E-state index contributed by atoms with van der Waals surface area (Å²) in [6, 6.07) is 9.71. The molecule has 24 heavy (non-hydrogen) atoms. The Bertz CT molecular complexity index is 790. The van der Waals surface area contributed by atoms with Gasteiger partial charge < -0.3 is 5.32 Å². The second-order valence-electron chi connectivity index (χ2n) is 5.72. The standard InChI is InChI=1S/C18H19ClN2O3/c1-4-17(14-7-5-11(2)9-12(14)3)20-18(22)15-10-13(21(23)24)6-8-16(15)19/h5-10,17H,4H2,1-3H3,(H,20,22). The number of nitro benzene ring substituents is 1. The highest BCUT2D eigenvalue weighted by atomic mass is 35.5. The van der Waals surface area contributed by atoms with Crippen LogP contribution in [0.2, 0.25) is 5.02 Å². The van der Waals surface area contributed by atoms with Crippen molar-refractivity contribution in [1.82, 2.24) is 5.32 Å². The Kier molecular flexibility index (Phi) is 5.57. The highest BCUT2D eigenvalue weighted by Gasteiger charge is 2.20. The van der Waals surface area contributed by atoms with Gasteiger partial charge in [-0.3, -0.25) is 14.9 Å². The highest BCUT2D eigenvalue weighted by Crippen LogP contribution is 2.25. The van der Waals surface area contributed by atoms with Crippen molar-refractivity contribution in [2.75, 3.05) is 0 Å². The Morgan fingerprint density at radius 3 is 2.54 bits per heavy atom. The fourth-order valence-corrected chi connectivity index (χ4v) is 2.86. The molecular weight excluding hydrogens is 328 g/mol. The molecule has 1 atom stereocenters. The van der Waals surface area contributed by atoms with Crippen LogP contribution in [0.1, 0.15) is 46.4 Å². The number of carbonyl (C=O) groups excluding carboxylic acids is 1. The van der Waals surface area contributed by atoms with Crippen LogP contribution in [0.5, 0.6) is 0 Å². The molecule has 1 amide bonds. The number of nitro groups is 1. The molecule has 0 aliphatic heterocycles. The minimum atomic E-state index is -0.547. The molecule has 0 aromatic heterocycles. The fourth-order valence-electron chi connectivity index (χ4n) is 2.65. The number of nitrogens with zero attached hydrogens (tertiary/aromatic N) is 1. The van der Waals surface area contributed by atoms with Gasteiger partial charge in [0.15, 0.2) is 0 Å². The summed E-state index contributed by atoms with van der Waals surface area (Å²) in [4.78, 5) is 22.9. The van der Waals surface area contributed by atoms with E-state index in [4.69, 9.17) is 11.6 Å². The first-order valence-corrected chi connectivity index (χ1v) is 8.03. The van der Waals surface area contributed by atoms with Crippen LogP contribution in [-0.2, 0) is 0 Å². The Morgan fingerprint density at radius 1 is 1.25 bits per heavy atom. The molecule has 0 saturated carbocycles. The number of benzene rings is 2. The molecule has 0 heterocycles. The first kappa shape index (κ1) is 17.9. The van der Waals surface area contributed by atoms with Crippen molar-refractivity contribution in [3.8, 4) is 0 Å². The summed E-state index contributed by atoms with van der Waals surface area (Å²) >= 11 is 6.04. The largest absolute Gasteiger partial charge is 0.345 e. The van der Waals surface area contributed by atoms with Gasteiger partial charge in [0, 0.05) is 12.1 Å². The number of nitrogens with one attached hydrogen (secondary N) is 1. The lowest BCUT2D eigenvalue weighted by atomic mass is 9.97. The molecule has 0 aliphatic carbocycles. The van der Waals surface area contributed by atoms with E-state index in [1.54, 1.807) is 0 Å². The van der Waals surface area contributed by atoms with Crippen LogP contribution in [-0.4, -0.2) is 10.8 Å². The zero-order chi connectivity index (χ0) is 17.9. The molecule has 0 spiro atoms. The van der Waals surface area contributed by atoms with Crippen LogP contribution in [0.25, 0.3) is 0 Å². The van der Waals surface area contributed by atoms with Crippen molar-refractivity contribution in [2.24, 2.45) is 0 Å². The molecule has 0 saturated heterocycles.